The Kier molecular flexibility index (Phi) is 5.64. The first-order valence-corrected chi connectivity index (χ1v) is 7.37. The van der Waals surface area contributed by atoms with Crippen LogP contribution in [0.3, 0.4) is 0 Å². The van der Waals surface area contributed by atoms with E-state index in [1.54, 1.807) is 0 Å². The van der Waals surface area contributed by atoms with Gasteiger partial charge in [0, 0.05) is 23.7 Å². The quantitative estimate of drug-likeness (QED) is 0.846. The summed E-state index contributed by atoms with van der Waals surface area (Å²) in [7, 11) is 0. The zero-order valence-corrected chi connectivity index (χ0v) is 12.7. The largest absolute Gasteiger partial charge is 0.385 e. The van der Waals surface area contributed by atoms with E-state index in [2.05, 4.69) is 10.6 Å². The van der Waals surface area contributed by atoms with E-state index in [0.717, 1.165) is 11.3 Å². The molecule has 2 aromatic carbocycles. The number of carbonyl (C=O) groups is 1. The molecule has 2 rings (SSSR count). The van der Waals surface area contributed by atoms with Gasteiger partial charge in [-0.3, -0.25) is 4.79 Å². The van der Waals surface area contributed by atoms with E-state index >= 15 is 0 Å². The normalized spacial score (nSPS) is 11.7. The molecule has 0 aliphatic carbocycles. The monoisotopic (exact) mass is 302 g/mol. The lowest BCUT2D eigenvalue weighted by atomic mass is 10.1. The standard InChI is InChI=1S/C17H19ClN2O/c1-13(15-9-5-6-10-16(15)18)20-17(21)11-12-19-14-7-3-2-4-8-14/h2-10,13,19H,11-12H2,1H3,(H,20,21)/t13-/m0/s1. The zero-order chi connectivity index (χ0) is 15.1. The Morgan fingerprint density at radius 2 is 1.76 bits per heavy atom. The lowest BCUT2D eigenvalue weighted by molar-refractivity contribution is -0.121. The SMILES string of the molecule is C[C@H](NC(=O)CCNc1ccccc1)c1ccccc1Cl. The molecule has 1 atom stereocenters. The first-order chi connectivity index (χ1) is 10.2. The summed E-state index contributed by atoms with van der Waals surface area (Å²) in [5, 5.41) is 6.85. The molecule has 0 unspecified atom stereocenters. The van der Waals surface area contributed by atoms with Gasteiger partial charge in [-0.1, -0.05) is 48.0 Å². The lowest BCUT2D eigenvalue weighted by Gasteiger charge is -2.16. The molecule has 21 heavy (non-hydrogen) atoms. The van der Waals surface area contributed by atoms with E-state index in [1.165, 1.54) is 0 Å². The summed E-state index contributed by atoms with van der Waals surface area (Å²) >= 11 is 6.12. The number of anilines is 1. The molecular formula is C17H19ClN2O. The predicted molar refractivity (Wildman–Crippen MR) is 87.6 cm³/mol. The number of rotatable bonds is 6. The molecule has 0 aromatic heterocycles. The van der Waals surface area contributed by atoms with Crippen molar-refractivity contribution in [2.75, 3.05) is 11.9 Å². The highest BCUT2D eigenvalue weighted by atomic mass is 35.5. The van der Waals surface area contributed by atoms with Crippen LogP contribution in [-0.4, -0.2) is 12.5 Å². The minimum absolute atomic E-state index is 0.00542. The summed E-state index contributed by atoms with van der Waals surface area (Å²) in [5.74, 6) is 0.00542. The van der Waals surface area contributed by atoms with Crippen molar-refractivity contribution in [1.29, 1.82) is 0 Å². The number of para-hydroxylation sites is 1. The minimum Gasteiger partial charge on any atom is -0.385 e. The highest BCUT2D eigenvalue weighted by molar-refractivity contribution is 6.31. The number of hydrogen-bond donors (Lipinski definition) is 2. The molecule has 2 N–H and O–H groups in total. The van der Waals surface area contributed by atoms with Crippen LogP contribution >= 0.6 is 11.6 Å². The average Bonchev–Trinajstić information content (AvgIpc) is 2.48. The van der Waals surface area contributed by atoms with Crippen LogP contribution in [0.1, 0.15) is 24.9 Å². The Labute approximate surface area is 130 Å². The van der Waals surface area contributed by atoms with Crippen LogP contribution in [0, 0.1) is 0 Å². The fourth-order valence-corrected chi connectivity index (χ4v) is 2.39. The second-order valence-corrected chi connectivity index (χ2v) is 5.26. The van der Waals surface area contributed by atoms with Gasteiger partial charge in [0.25, 0.3) is 0 Å². The maximum atomic E-state index is 11.9. The minimum atomic E-state index is -0.0945. The molecule has 0 radical (unpaired) electrons. The van der Waals surface area contributed by atoms with Crippen LogP contribution in [0.25, 0.3) is 0 Å². The fourth-order valence-electron chi connectivity index (χ4n) is 2.09. The van der Waals surface area contributed by atoms with E-state index in [0.29, 0.717) is 18.0 Å². The van der Waals surface area contributed by atoms with Crippen LogP contribution in [0.15, 0.2) is 54.6 Å². The van der Waals surface area contributed by atoms with Crippen LogP contribution in [-0.2, 0) is 4.79 Å². The Balaban J connectivity index is 1.78. The smallest absolute Gasteiger partial charge is 0.222 e. The Bertz CT molecular complexity index is 586. The third-order valence-electron chi connectivity index (χ3n) is 3.20. The van der Waals surface area contributed by atoms with Crippen LogP contribution in [0.5, 0.6) is 0 Å². The van der Waals surface area contributed by atoms with Crippen molar-refractivity contribution >= 4 is 23.2 Å². The van der Waals surface area contributed by atoms with E-state index in [-0.39, 0.29) is 11.9 Å². The van der Waals surface area contributed by atoms with Gasteiger partial charge >= 0.3 is 0 Å². The summed E-state index contributed by atoms with van der Waals surface area (Å²) < 4.78 is 0. The van der Waals surface area contributed by atoms with Crippen LogP contribution in [0.4, 0.5) is 5.69 Å². The van der Waals surface area contributed by atoms with Gasteiger partial charge in [0.1, 0.15) is 0 Å². The molecule has 4 heteroatoms. The number of benzene rings is 2. The molecular weight excluding hydrogens is 284 g/mol. The molecule has 1 amide bonds. The van der Waals surface area contributed by atoms with Gasteiger partial charge in [0.05, 0.1) is 6.04 Å². The number of halogens is 1. The highest BCUT2D eigenvalue weighted by Crippen LogP contribution is 2.22. The molecule has 2 aromatic rings. The third kappa shape index (κ3) is 4.80. The summed E-state index contributed by atoms with van der Waals surface area (Å²) in [6.45, 7) is 2.54. The summed E-state index contributed by atoms with van der Waals surface area (Å²) in [6, 6.07) is 17.3. The number of carbonyl (C=O) groups excluding carboxylic acids is 1. The van der Waals surface area contributed by atoms with Crippen molar-refractivity contribution in [3.05, 3.63) is 65.2 Å². The van der Waals surface area contributed by atoms with Crippen molar-refractivity contribution in [3.63, 3.8) is 0 Å². The Morgan fingerprint density at radius 3 is 2.48 bits per heavy atom. The Hall–Kier alpha value is -2.00. The van der Waals surface area contributed by atoms with Gasteiger partial charge in [-0.2, -0.15) is 0 Å². The lowest BCUT2D eigenvalue weighted by Crippen LogP contribution is -2.28. The molecule has 0 saturated heterocycles. The molecule has 0 heterocycles. The second-order valence-electron chi connectivity index (χ2n) is 4.85. The van der Waals surface area contributed by atoms with E-state index in [1.807, 2.05) is 61.5 Å². The number of nitrogens with one attached hydrogen (secondary N) is 2. The molecule has 0 saturated carbocycles. The maximum Gasteiger partial charge on any atom is 0.222 e. The van der Waals surface area contributed by atoms with Gasteiger partial charge in [-0.05, 0) is 30.7 Å². The second kappa shape index (κ2) is 7.70. The van der Waals surface area contributed by atoms with Crippen molar-refractivity contribution in [2.24, 2.45) is 0 Å². The number of hydrogen-bond acceptors (Lipinski definition) is 2. The highest BCUT2D eigenvalue weighted by Gasteiger charge is 2.11. The Morgan fingerprint density at radius 1 is 1.10 bits per heavy atom. The van der Waals surface area contributed by atoms with Gasteiger partial charge in [0.15, 0.2) is 0 Å². The first-order valence-electron chi connectivity index (χ1n) is 6.99. The maximum absolute atomic E-state index is 11.9. The molecule has 0 aliphatic rings. The molecule has 0 fully saturated rings. The number of amides is 1. The van der Waals surface area contributed by atoms with Crippen molar-refractivity contribution in [1.82, 2.24) is 5.32 Å². The molecule has 0 spiro atoms. The predicted octanol–water partition coefficient (Wildman–Crippen LogP) is 4.02. The zero-order valence-electron chi connectivity index (χ0n) is 12.0. The molecule has 0 aliphatic heterocycles. The van der Waals surface area contributed by atoms with Gasteiger partial charge in [-0.15, -0.1) is 0 Å². The molecule has 0 bridgehead atoms. The summed E-state index contributed by atoms with van der Waals surface area (Å²) in [6.07, 6.45) is 0.420. The average molecular weight is 303 g/mol. The molecule has 110 valence electrons. The first kappa shape index (κ1) is 15.4. The summed E-state index contributed by atoms with van der Waals surface area (Å²) in [4.78, 5) is 11.9. The van der Waals surface area contributed by atoms with Crippen molar-refractivity contribution in [3.8, 4) is 0 Å². The van der Waals surface area contributed by atoms with Crippen LogP contribution in [0.2, 0.25) is 5.02 Å². The third-order valence-corrected chi connectivity index (χ3v) is 3.55. The van der Waals surface area contributed by atoms with Crippen LogP contribution < -0.4 is 10.6 Å². The van der Waals surface area contributed by atoms with Gasteiger partial charge in [-0.25, -0.2) is 0 Å². The van der Waals surface area contributed by atoms with Crippen molar-refractivity contribution < 1.29 is 4.79 Å². The van der Waals surface area contributed by atoms with E-state index < -0.39 is 0 Å². The topological polar surface area (TPSA) is 41.1 Å². The van der Waals surface area contributed by atoms with Crippen molar-refractivity contribution in [2.45, 2.75) is 19.4 Å². The fraction of sp³-hybridized carbons (Fsp3) is 0.235. The van der Waals surface area contributed by atoms with E-state index in [9.17, 15) is 4.79 Å². The van der Waals surface area contributed by atoms with E-state index in [4.69, 9.17) is 11.6 Å². The van der Waals surface area contributed by atoms with Gasteiger partial charge in [0.2, 0.25) is 5.91 Å². The van der Waals surface area contributed by atoms with Gasteiger partial charge < -0.3 is 10.6 Å². The summed E-state index contributed by atoms with van der Waals surface area (Å²) in [5.41, 5.74) is 1.95. The molecule has 3 nitrogen and oxygen atoms in total.